The maximum absolute atomic E-state index is 12.7. The predicted octanol–water partition coefficient (Wildman–Crippen LogP) is 2.10. The Morgan fingerprint density at radius 3 is 2.67 bits per heavy atom. The summed E-state index contributed by atoms with van der Waals surface area (Å²) in [7, 11) is -3.33. The molecule has 0 saturated carbocycles. The number of aromatic nitrogens is 2. The Labute approximate surface area is 158 Å². The van der Waals surface area contributed by atoms with Crippen LogP contribution in [-0.4, -0.2) is 47.5 Å². The van der Waals surface area contributed by atoms with Crippen LogP contribution in [0, 0.1) is 5.92 Å². The van der Waals surface area contributed by atoms with Gasteiger partial charge in [0.05, 0.1) is 16.7 Å². The molecule has 27 heavy (non-hydrogen) atoms. The van der Waals surface area contributed by atoms with Crippen LogP contribution in [0.15, 0.2) is 36.5 Å². The topological polar surface area (TPSA) is 92.3 Å². The first-order chi connectivity index (χ1) is 12.8. The summed E-state index contributed by atoms with van der Waals surface area (Å²) >= 11 is 0. The Hall–Kier alpha value is -2.48. The summed E-state index contributed by atoms with van der Waals surface area (Å²) in [6.45, 7) is 4.29. The second-order valence-electron chi connectivity index (χ2n) is 7.45. The lowest BCUT2D eigenvalue weighted by molar-refractivity contribution is -0.133. The quantitative estimate of drug-likeness (QED) is 0.868. The van der Waals surface area contributed by atoms with Crippen molar-refractivity contribution < 1.29 is 13.2 Å². The first-order valence-corrected chi connectivity index (χ1v) is 10.7. The summed E-state index contributed by atoms with van der Waals surface area (Å²) in [6.07, 6.45) is 1.59. The van der Waals surface area contributed by atoms with Gasteiger partial charge in [-0.15, -0.1) is 0 Å². The molecule has 1 aromatic heterocycles. The Balaban J connectivity index is 1.68. The molecule has 8 heteroatoms. The second kappa shape index (κ2) is 6.60. The molecular formula is C19H22N4O3S. The molecule has 0 spiro atoms. The number of hydrogen-bond donors (Lipinski definition) is 1. The SMILES string of the molecule is CC(C)C(=O)N1C[C@@H]2c3nc(Nc4ccccc4)ncc3CS(=O)(=O)[C@@H]2C1. The van der Waals surface area contributed by atoms with E-state index in [1.165, 1.54) is 0 Å². The molecule has 7 nitrogen and oxygen atoms in total. The van der Waals surface area contributed by atoms with Crippen molar-refractivity contribution in [2.24, 2.45) is 5.92 Å². The summed E-state index contributed by atoms with van der Waals surface area (Å²) in [5, 5.41) is 2.56. The van der Waals surface area contributed by atoms with Gasteiger partial charge < -0.3 is 10.2 Å². The molecule has 2 aromatic rings. The fourth-order valence-electron chi connectivity index (χ4n) is 3.83. The number of benzene rings is 1. The van der Waals surface area contributed by atoms with Crippen LogP contribution in [0.1, 0.15) is 31.0 Å². The van der Waals surface area contributed by atoms with Gasteiger partial charge in [-0.05, 0) is 12.1 Å². The predicted molar refractivity (Wildman–Crippen MR) is 102 cm³/mol. The largest absolute Gasteiger partial charge is 0.340 e. The molecule has 1 saturated heterocycles. The zero-order valence-electron chi connectivity index (χ0n) is 15.3. The van der Waals surface area contributed by atoms with E-state index in [0.29, 0.717) is 18.1 Å². The molecule has 2 aliphatic rings. The van der Waals surface area contributed by atoms with Crippen LogP contribution in [0.5, 0.6) is 0 Å². The molecule has 1 amide bonds. The lowest BCUT2D eigenvalue weighted by atomic mass is 10.00. The molecule has 0 bridgehead atoms. The number of hydrogen-bond acceptors (Lipinski definition) is 6. The van der Waals surface area contributed by atoms with Gasteiger partial charge in [0.2, 0.25) is 11.9 Å². The highest BCUT2D eigenvalue weighted by Gasteiger charge is 2.48. The van der Waals surface area contributed by atoms with Gasteiger partial charge in [-0.25, -0.2) is 18.4 Å². The minimum atomic E-state index is -3.33. The Bertz CT molecular complexity index is 976. The zero-order chi connectivity index (χ0) is 19.2. The van der Waals surface area contributed by atoms with Crippen LogP contribution < -0.4 is 5.32 Å². The minimum Gasteiger partial charge on any atom is -0.340 e. The van der Waals surface area contributed by atoms with E-state index in [1.54, 1.807) is 11.1 Å². The fourth-order valence-corrected chi connectivity index (χ4v) is 5.82. The van der Waals surface area contributed by atoms with E-state index in [-0.39, 0.29) is 30.0 Å². The first kappa shape index (κ1) is 17.9. The van der Waals surface area contributed by atoms with E-state index in [9.17, 15) is 13.2 Å². The van der Waals surface area contributed by atoms with Crippen molar-refractivity contribution in [1.82, 2.24) is 14.9 Å². The molecular weight excluding hydrogens is 364 g/mol. The van der Waals surface area contributed by atoms with Crippen molar-refractivity contribution in [1.29, 1.82) is 0 Å². The van der Waals surface area contributed by atoms with Crippen molar-refractivity contribution in [2.75, 3.05) is 18.4 Å². The number of fused-ring (bicyclic) bond motifs is 3. The third-order valence-electron chi connectivity index (χ3n) is 5.17. The summed E-state index contributed by atoms with van der Waals surface area (Å²) < 4.78 is 25.5. The second-order valence-corrected chi connectivity index (χ2v) is 9.67. The van der Waals surface area contributed by atoms with Gasteiger partial charge in [-0.1, -0.05) is 32.0 Å². The lowest BCUT2D eigenvalue weighted by Crippen LogP contribution is -2.36. The number of rotatable bonds is 3. The highest BCUT2D eigenvalue weighted by molar-refractivity contribution is 7.91. The van der Waals surface area contributed by atoms with Gasteiger partial charge in [0.15, 0.2) is 9.84 Å². The van der Waals surface area contributed by atoms with Crippen LogP contribution in [-0.2, 0) is 20.4 Å². The number of likely N-dealkylation sites (tertiary alicyclic amines) is 1. The van der Waals surface area contributed by atoms with Crippen LogP contribution in [0.3, 0.4) is 0 Å². The van der Waals surface area contributed by atoms with Crippen LogP contribution in [0.2, 0.25) is 0 Å². The maximum Gasteiger partial charge on any atom is 0.227 e. The number of para-hydroxylation sites is 1. The number of nitrogens with zero attached hydrogens (tertiary/aromatic N) is 3. The molecule has 0 aliphatic carbocycles. The highest BCUT2D eigenvalue weighted by Crippen LogP contribution is 2.39. The van der Waals surface area contributed by atoms with Crippen molar-refractivity contribution in [3.63, 3.8) is 0 Å². The van der Waals surface area contributed by atoms with Gasteiger partial charge in [-0.3, -0.25) is 4.79 Å². The molecule has 142 valence electrons. The fraction of sp³-hybridized carbons (Fsp3) is 0.421. The van der Waals surface area contributed by atoms with Crippen molar-refractivity contribution in [3.8, 4) is 0 Å². The monoisotopic (exact) mass is 386 g/mol. The van der Waals surface area contributed by atoms with Crippen molar-refractivity contribution in [3.05, 3.63) is 47.8 Å². The summed E-state index contributed by atoms with van der Waals surface area (Å²) in [6, 6.07) is 9.57. The molecule has 4 rings (SSSR count). The van der Waals surface area contributed by atoms with E-state index in [2.05, 4.69) is 15.3 Å². The molecule has 3 heterocycles. The van der Waals surface area contributed by atoms with Crippen LogP contribution in [0.4, 0.5) is 11.6 Å². The van der Waals surface area contributed by atoms with Crippen molar-refractivity contribution in [2.45, 2.75) is 30.8 Å². The molecule has 1 aromatic carbocycles. The molecule has 0 radical (unpaired) electrons. The van der Waals surface area contributed by atoms with Gasteiger partial charge in [0, 0.05) is 42.4 Å². The van der Waals surface area contributed by atoms with Gasteiger partial charge in [0.1, 0.15) is 0 Å². The zero-order valence-corrected chi connectivity index (χ0v) is 16.1. The number of amides is 1. The molecule has 1 fully saturated rings. The van der Waals surface area contributed by atoms with E-state index >= 15 is 0 Å². The normalized spacial score (nSPS) is 23.0. The smallest absolute Gasteiger partial charge is 0.227 e. The van der Waals surface area contributed by atoms with Crippen LogP contribution in [0.25, 0.3) is 0 Å². The van der Waals surface area contributed by atoms with Gasteiger partial charge in [-0.2, -0.15) is 0 Å². The third kappa shape index (κ3) is 3.29. The molecule has 2 atom stereocenters. The Kier molecular flexibility index (Phi) is 4.38. The van der Waals surface area contributed by atoms with E-state index in [4.69, 9.17) is 0 Å². The number of anilines is 2. The first-order valence-electron chi connectivity index (χ1n) is 9.03. The number of sulfone groups is 1. The molecule has 1 N–H and O–H groups in total. The average molecular weight is 386 g/mol. The third-order valence-corrected chi connectivity index (χ3v) is 7.28. The summed E-state index contributed by atoms with van der Waals surface area (Å²) in [5.41, 5.74) is 2.23. The Morgan fingerprint density at radius 2 is 1.96 bits per heavy atom. The summed E-state index contributed by atoms with van der Waals surface area (Å²) in [5.74, 6) is -0.114. The molecule has 0 unspecified atom stereocenters. The van der Waals surface area contributed by atoms with Gasteiger partial charge >= 0.3 is 0 Å². The number of carbonyl (C=O) groups excluding carboxylic acids is 1. The van der Waals surface area contributed by atoms with E-state index < -0.39 is 15.1 Å². The summed E-state index contributed by atoms with van der Waals surface area (Å²) in [4.78, 5) is 23.0. The lowest BCUT2D eigenvalue weighted by Gasteiger charge is -2.26. The molecule has 2 aliphatic heterocycles. The minimum absolute atomic E-state index is 0.0159. The van der Waals surface area contributed by atoms with E-state index in [1.807, 2.05) is 44.2 Å². The Morgan fingerprint density at radius 1 is 1.22 bits per heavy atom. The standard InChI is InChI=1S/C19H22N4O3S/c1-12(2)18(24)23-9-15-16(10-23)27(25,26)11-13-8-20-19(22-17(13)15)21-14-6-4-3-5-7-14/h3-8,12,15-16H,9-11H2,1-2H3,(H,20,21,22)/t15-,16+/m0/s1. The van der Waals surface area contributed by atoms with Crippen molar-refractivity contribution >= 4 is 27.4 Å². The number of nitrogens with one attached hydrogen (secondary N) is 1. The van der Waals surface area contributed by atoms with Gasteiger partial charge in [0.25, 0.3) is 0 Å². The highest BCUT2D eigenvalue weighted by atomic mass is 32.2. The van der Waals surface area contributed by atoms with E-state index in [0.717, 1.165) is 11.4 Å². The average Bonchev–Trinajstić information content (AvgIpc) is 3.09. The maximum atomic E-state index is 12.7. The number of carbonyl (C=O) groups is 1. The van der Waals surface area contributed by atoms with Crippen LogP contribution >= 0.6 is 0 Å².